The highest BCUT2D eigenvalue weighted by Gasteiger charge is 2.32. The average Bonchev–Trinajstić information content (AvgIpc) is 2.36. The van der Waals surface area contributed by atoms with Crippen molar-refractivity contribution in [2.75, 3.05) is 32.0 Å². The maximum absolute atomic E-state index is 12.8. The van der Waals surface area contributed by atoms with E-state index in [-0.39, 0.29) is 5.56 Å². The van der Waals surface area contributed by atoms with Gasteiger partial charge in [-0.25, -0.2) is 0 Å². The first-order valence-corrected chi connectivity index (χ1v) is 6.96. The number of nitrogens with zero attached hydrogens (tertiary/aromatic N) is 1. The Kier molecular flexibility index (Phi) is 4.58. The summed E-state index contributed by atoms with van der Waals surface area (Å²) in [7, 11) is 2.08. The molecule has 20 heavy (non-hydrogen) atoms. The Labute approximate surface area is 118 Å². The minimum absolute atomic E-state index is 0.264. The van der Waals surface area contributed by atoms with Crippen LogP contribution in [0.25, 0.3) is 0 Å². The van der Waals surface area contributed by atoms with Gasteiger partial charge in [0, 0.05) is 18.8 Å². The van der Waals surface area contributed by atoms with E-state index in [1.54, 1.807) is 6.07 Å². The molecule has 0 aromatic heterocycles. The lowest BCUT2D eigenvalue weighted by Gasteiger charge is -2.30. The summed E-state index contributed by atoms with van der Waals surface area (Å²) in [5.74, 6) is 0.504. The zero-order chi connectivity index (χ0) is 14.8. The van der Waals surface area contributed by atoms with Crippen molar-refractivity contribution in [3.8, 4) is 0 Å². The number of anilines is 1. The van der Waals surface area contributed by atoms with Gasteiger partial charge in [0.1, 0.15) is 0 Å². The molecular weight excluding hydrogens is 265 g/mol. The van der Waals surface area contributed by atoms with Crippen LogP contribution in [-0.4, -0.2) is 31.6 Å². The van der Waals surface area contributed by atoms with Gasteiger partial charge in [0.05, 0.1) is 5.56 Å². The lowest BCUT2D eigenvalue weighted by Crippen LogP contribution is -2.35. The maximum Gasteiger partial charge on any atom is 0.416 e. The molecule has 0 aliphatic carbocycles. The SMILES string of the molecule is Cc1ccc(NCC2CCCN(C)C2)cc1C(F)(F)F. The third kappa shape index (κ3) is 3.88. The van der Waals surface area contributed by atoms with Gasteiger partial charge in [-0.1, -0.05) is 6.07 Å². The zero-order valence-corrected chi connectivity index (χ0v) is 11.9. The van der Waals surface area contributed by atoms with Crippen molar-refractivity contribution in [3.63, 3.8) is 0 Å². The molecule has 1 aromatic carbocycles. The second-order valence-corrected chi connectivity index (χ2v) is 5.68. The van der Waals surface area contributed by atoms with Crippen LogP contribution in [0.4, 0.5) is 18.9 Å². The van der Waals surface area contributed by atoms with Crippen LogP contribution in [0.2, 0.25) is 0 Å². The quantitative estimate of drug-likeness (QED) is 0.910. The Morgan fingerprint density at radius 1 is 1.35 bits per heavy atom. The molecule has 1 N–H and O–H groups in total. The number of alkyl halides is 3. The second kappa shape index (κ2) is 6.04. The molecule has 1 aromatic rings. The topological polar surface area (TPSA) is 15.3 Å². The van der Waals surface area contributed by atoms with E-state index in [1.165, 1.54) is 19.1 Å². The molecule has 0 spiro atoms. The van der Waals surface area contributed by atoms with Gasteiger partial charge in [-0.3, -0.25) is 0 Å². The standard InChI is InChI=1S/C15H21F3N2/c1-11-5-6-13(8-14(11)15(16,17)18)19-9-12-4-3-7-20(2)10-12/h5-6,8,12,19H,3-4,7,9-10H2,1-2H3. The first kappa shape index (κ1) is 15.2. The van der Waals surface area contributed by atoms with E-state index in [0.717, 1.165) is 32.5 Å². The Morgan fingerprint density at radius 3 is 2.75 bits per heavy atom. The van der Waals surface area contributed by atoms with E-state index < -0.39 is 11.7 Å². The van der Waals surface area contributed by atoms with Crippen LogP contribution >= 0.6 is 0 Å². The van der Waals surface area contributed by atoms with E-state index in [4.69, 9.17) is 0 Å². The van der Waals surface area contributed by atoms with Gasteiger partial charge in [-0.2, -0.15) is 13.2 Å². The molecule has 112 valence electrons. The predicted molar refractivity (Wildman–Crippen MR) is 74.9 cm³/mol. The number of likely N-dealkylation sites (tertiary alicyclic amines) is 1. The van der Waals surface area contributed by atoms with E-state index in [9.17, 15) is 13.2 Å². The molecule has 1 aliphatic rings. The van der Waals surface area contributed by atoms with Crippen LogP contribution < -0.4 is 5.32 Å². The molecule has 1 saturated heterocycles. The molecule has 2 rings (SSSR count). The van der Waals surface area contributed by atoms with Gasteiger partial charge in [0.15, 0.2) is 0 Å². The highest BCUT2D eigenvalue weighted by molar-refractivity contribution is 5.49. The molecular formula is C15H21F3N2. The fraction of sp³-hybridized carbons (Fsp3) is 0.600. The molecule has 1 atom stereocenters. The number of hydrogen-bond donors (Lipinski definition) is 1. The fourth-order valence-electron chi connectivity index (χ4n) is 2.74. The highest BCUT2D eigenvalue weighted by Crippen LogP contribution is 2.33. The maximum atomic E-state index is 12.8. The summed E-state index contributed by atoms with van der Waals surface area (Å²) in [6.07, 6.45) is -1.99. The number of nitrogens with one attached hydrogen (secondary N) is 1. The van der Waals surface area contributed by atoms with Crippen molar-refractivity contribution in [3.05, 3.63) is 29.3 Å². The van der Waals surface area contributed by atoms with Crippen LogP contribution in [0.1, 0.15) is 24.0 Å². The first-order valence-electron chi connectivity index (χ1n) is 6.96. The summed E-state index contributed by atoms with van der Waals surface area (Å²) >= 11 is 0. The van der Waals surface area contributed by atoms with Gasteiger partial charge in [-0.15, -0.1) is 0 Å². The van der Waals surface area contributed by atoms with Crippen LogP contribution in [-0.2, 0) is 6.18 Å². The number of hydrogen-bond acceptors (Lipinski definition) is 2. The zero-order valence-electron chi connectivity index (χ0n) is 11.9. The van der Waals surface area contributed by atoms with Gasteiger partial charge in [0.25, 0.3) is 0 Å². The number of piperidine rings is 1. The molecule has 5 heteroatoms. The first-order chi connectivity index (χ1) is 9.36. The minimum Gasteiger partial charge on any atom is -0.385 e. The van der Waals surface area contributed by atoms with Crippen LogP contribution in [0.15, 0.2) is 18.2 Å². The van der Waals surface area contributed by atoms with Crippen molar-refractivity contribution in [1.82, 2.24) is 4.90 Å². The molecule has 0 amide bonds. The summed E-state index contributed by atoms with van der Waals surface area (Å²) in [4.78, 5) is 2.27. The van der Waals surface area contributed by atoms with Crippen molar-refractivity contribution in [1.29, 1.82) is 0 Å². The molecule has 1 heterocycles. The van der Waals surface area contributed by atoms with Gasteiger partial charge >= 0.3 is 6.18 Å². The van der Waals surface area contributed by atoms with Crippen LogP contribution in [0.3, 0.4) is 0 Å². The van der Waals surface area contributed by atoms with E-state index >= 15 is 0 Å². The molecule has 0 bridgehead atoms. The lowest BCUT2D eigenvalue weighted by molar-refractivity contribution is -0.138. The Hall–Kier alpha value is -1.23. The number of halogens is 3. The molecule has 0 saturated carbocycles. The number of rotatable bonds is 3. The number of aryl methyl sites for hydroxylation is 1. The van der Waals surface area contributed by atoms with Crippen molar-refractivity contribution in [2.24, 2.45) is 5.92 Å². The Bertz CT molecular complexity index is 457. The third-order valence-electron chi connectivity index (χ3n) is 3.86. The average molecular weight is 286 g/mol. The second-order valence-electron chi connectivity index (χ2n) is 5.68. The van der Waals surface area contributed by atoms with Gasteiger partial charge in [0.2, 0.25) is 0 Å². The summed E-state index contributed by atoms with van der Waals surface area (Å²) in [6, 6.07) is 4.46. The number of benzene rings is 1. The van der Waals surface area contributed by atoms with Gasteiger partial charge in [-0.05, 0) is 57.0 Å². The predicted octanol–water partition coefficient (Wildman–Crippen LogP) is 3.77. The lowest BCUT2D eigenvalue weighted by atomic mass is 9.98. The Balaban J connectivity index is 1.99. The smallest absolute Gasteiger partial charge is 0.385 e. The fourth-order valence-corrected chi connectivity index (χ4v) is 2.74. The Morgan fingerprint density at radius 2 is 2.10 bits per heavy atom. The minimum atomic E-state index is -4.28. The molecule has 1 unspecified atom stereocenters. The van der Waals surface area contributed by atoms with E-state index in [2.05, 4.69) is 17.3 Å². The van der Waals surface area contributed by atoms with Crippen molar-refractivity contribution in [2.45, 2.75) is 25.9 Å². The van der Waals surface area contributed by atoms with E-state index in [1.807, 2.05) is 0 Å². The molecule has 1 fully saturated rings. The van der Waals surface area contributed by atoms with Crippen LogP contribution in [0, 0.1) is 12.8 Å². The van der Waals surface area contributed by atoms with E-state index in [0.29, 0.717) is 11.6 Å². The van der Waals surface area contributed by atoms with Crippen molar-refractivity contribution >= 4 is 5.69 Å². The molecule has 1 aliphatic heterocycles. The summed E-state index contributed by atoms with van der Waals surface area (Å²) in [6.45, 7) is 4.33. The molecule has 0 radical (unpaired) electrons. The largest absolute Gasteiger partial charge is 0.416 e. The summed E-state index contributed by atoms with van der Waals surface area (Å²) < 4.78 is 38.5. The highest BCUT2D eigenvalue weighted by atomic mass is 19.4. The molecule has 2 nitrogen and oxygen atoms in total. The van der Waals surface area contributed by atoms with Crippen LogP contribution in [0.5, 0.6) is 0 Å². The van der Waals surface area contributed by atoms with Crippen molar-refractivity contribution < 1.29 is 13.2 Å². The van der Waals surface area contributed by atoms with Gasteiger partial charge < -0.3 is 10.2 Å². The normalized spacial score (nSPS) is 20.9. The monoisotopic (exact) mass is 286 g/mol. The summed E-state index contributed by atoms with van der Waals surface area (Å²) in [5.41, 5.74) is 0.264. The third-order valence-corrected chi connectivity index (χ3v) is 3.86. The summed E-state index contributed by atoms with van der Waals surface area (Å²) in [5, 5.41) is 3.15.